The van der Waals surface area contributed by atoms with E-state index in [2.05, 4.69) is 18.2 Å². The molecule has 0 bridgehead atoms. The van der Waals surface area contributed by atoms with E-state index in [9.17, 15) is 0 Å². The highest BCUT2D eigenvalue weighted by atomic mass is 35.5. The molecule has 0 aromatic carbocycles. The van der Waals surface area contributed by atoms with Crippen LogP contribution in [-0.4, -0.2) is 4.37 Å². The van der Waals surface area contributed by atoms with Gasteiger partial charge in [-0.3, -0.25) is 0 Å². The Hall–Kier alpha value is -0.0800. The first-order chi connectivity index (χ1) is 4.68. The third-order valence-corrected chi connectivity index (χ3v) is 2.24. The lowest BCUT2D eigenvalue weighted by molar-refractivity contribution is 0.654. The van der Waals surface area contributed by atoms with E-state index in [1.165, 1.54) is 16.4 Å². The van der Waals surface area contributed by atoms with Crippen LogP contribution < -0.4 is 0 Å². The first-order valence-electron chi connectivity index (χ1n) is 3.29. The van der Waals surface area contributed by atoms with Gasteiger partial charge in [0, 0.05) is 4.88 Å². The molecule has 0 aliphatic carbocycles. The van der Waals surface area contributed by atoms with Gasteiger partial charge in [-0.15, -0.1) is 0 Å². The Labute approximate surface area is 70.2 Å². The number of hydrogen-bond donors (Lipinski definition) is 0. The largest absolute Gasteiger partial charge is 0.181 e. The van der Waals surface area contributed by atoms with Gasteiger partial charge < -0.3 is 0 Å². The van der Waals surface area contributed by atoms with Gasteiger partial charge in [0.25, 0.3) is 0 Å². The molecular formula is C7H10ClNS. The van der Waals surface area contributed by atoms with Gasteiger partial charge in [-0.2, -0.15) is 4.37 Å². The quantitative estimate of drug-likeness (QED) is 0.674. The molecular weight excluding hydrogens is 166 g/mol. The Bertz CT molecular complexity index is 207. The SMILES string of the molecule is CC(C)Cc1cc(Cl)ns1. The summed E-state index contributed by atoms with van der Waals surface area (Å²) in [5, 5.41) is 0.626. The minimum absolute atomic E-state index is 0.626. The van der Waals surface area contributed by atoms with Crippen molar-refractivity contribution in [3.05, 3.63) is 16.1 Å². The van der Waals surface area contributed by atoms with Crippen LogP contribution in [0.4, 0.5) is 0 Å². The van der Waals surface area contributed by atoms with Crippen LogP contribution in [0, 0.1) is 5.92 Å². The fourth-order valence-electron chi connectivity index (χ4n) is 0.786. The minimum atomic E-state index is 0.626. The normalized spacial score (nSPS) is 10.8. The zero-order chi connectivity index (χ0) is 7.56. The molecule has 0 amide bonds. The number of nitrogens with zero attached hydrogens (tertiary/aromatic N) is 1. The number of rotatable bonds is 2. The minimum Gasteiger partial charge on any atom is -0.181 e. The highest BCUT2D eigenvalue weighted by Crippen LogP contribution is 2.17. The van der Waals surface area contributed by atoms with E-state index >= 15 is 0 Å². The Morgan fingerprint density at radius 3 is 2.80 bits per heavy atom. The predicted molar refractivity (Wildman–Crippen MR) is 45.7 cm³/mol. The fraction of sp³-hybridized carbons (Fsp3) is 0.571. The van der Waals surface area contributed by atoms with Crippen molar-refractivity contribution in [1.29, 1.82) is 0 Å². The summed E-state index contributed by atoms with van der Waals surface area (Å²) in [5.74, 6) is 0.691. The van der Waals surface area contributed by atoms with Gasteiger partial charge in [0.1, 0.15) is 5.15 Å². The molecule has 0 saturated carbocycles. The molecule has 56 valence electrons. The van der Waals surface area contributed by atoms with Crippen LogP contribution in [-0.2, 0) is 6.42 Å². The van der Waals surface area contributed by atoms with Gasteiger partial charge in [-0.05, 0) is 29.9 Å². The summed E-state index contributed by atoms with van der Waals surface area (Å²) in [6.45, 7) is 4.38. The lowest BCUT2D eigenvalue weighted by Gasteiger charge is -1.97. The maximum absolute atomic E-state index is 5.64. The van der Waals surface area contributed by atoms with Crippen molar-refractivity contribution in [3.63, 3.8) is 0 Å². The van der Waals surface area contributed by atoms with Crippen LogP contribution in [0.15, 0.2) is 6.07 Å². The lowest BCUT2D eigenvalue weighted by atomic mass is 10.1. The highest BCUT2D eigenvalue weighted by Gasteiger charge is 2.01. The fourth-order valence-corrected chi connectivity index (χ4v) is 1.92. The van der Waals surface area contributed by atoms with E-state index in [-0.39, 0.29) is 0 Å². The van der Waals surface area contributed by atoms with Crippen LogP contribution >= 0.6 is 23.1 Å². The Balaban J connectivity index is 2.58. The molecule has 0 fully saturated rings. The van der Waals surface area contributed by atoms with Crippen molar-refractivity contribution < 1.29 is 0 Å². The second kappa shape index (κ2) is 3.35. The molecule has 0 spiro atoms. The molecule has 0 aliphatic rings. The number of hydrogen-bond acceptors (Lipinski definition) is 2. The maximum atomic E-state index is 5.64. The number of aromatic nitrogens is 1. The molecule has 10 heavy (non-hydrogen) atoms. The lowest BCUT2D eigenvalue weighted by Crippen LogP contribution is -1.89. The molecule has 0 unspecified atom stereocenters. The van der Waals surface area contributed by atoms with Crippen molar-refractivity contribution in [1.82, 2.24) is 4.37 Å². The Morgan fingerprint density at radius 2 is 2.40 bits per heavy atom. The van der Waals surface area contributed by atoms with Gasteiger partial charge in [0.15, 0.2) is 0 Å². The molecule has 3 heteroatoms. The molecule has 1 aromatic rings. The maximum Gasteiger partial charge on any atom is 0.143 e. The van der Waals surface area contributed by atoms with Gasteiger partial charge in [-0.25, -0.2) is 0 Å². The molecule has 0 N–H and O–H groups in total. The van der Waals surface area contributed by atoms with E-state index in [0.29, 0.717) is 11.1 Å². The van der Waals surface area contributed by atoms with E-state index < -0.39 is 0 Å². The van der Waals surface area contributed by atoms with Crippen LogP contribution in [0.5, 0.6) is 0 Å². The average molecular weight is 176 g/mol. The molecule has 1 aromatic heterocycles. The molecule has 0 aliphatic heterocycles. The second-order valence-electron chi connectivity index (χ2n) is 2.71. The van der Waals surface area contributed by atoms with Crippen molar-refractivity contribution in [2.45, 2.75) is 20.3 Å². The van der Waals surface area contributed by atoms with E-state index in [0.717, 1.165) is 6.42 Å². The van der Waals surface area contributed by atoms with Crippen molar-refractivity contribution in [2.24, 2.45) is 5.92 Å². The molecule has 1 nitrogen and oxygen atoms in total. The van der Waals surface area contributed by atoms with E-state index in [1.807, 2.05) is 6.07 Å². The topological polar surface area (TPSA) is 12.9 Å². The van der Waals surface area contributed by atoms with Crippen LogP contribution in [0.1, 0.15) is 18.7 Å². The summed E-state index contributed by atoms with van der Waals surface area (Å²) >= 11 is 7.14. The Kier molecular flexibility index (Phi) is 2.69. The monoisotopic (exact) mass is 175 g/mol. The molecule has 0 saturated heterocycles. The standard InChI is InChI=1S/C7H10ClNS/c1-5(2)3-6-4-7(8)9-10-6/h4-5H,3H2,1-2H3. The van der Waals surface area contributed by atoms with Gasteiger partial charge in [0.2, 0.25) is 0 Å². The third kappa shape index (κ3) is 2.27. The van der Waals surface area contributed by atoms with Crippen LogP contribution in [0.3, 0.4) is 0 Å². The number of halogens is 1. The summed E-state index contributed by atoms with van der Waals surface area (Å²) in [6.07, 6.45) is 1.09. The van der Waals surface area contributed by atoms with Gasteiger partial charge in [-0.1, -0.05) is 25.4 Å². The summed E-state index contributed by atoms with van der Waals surface area (Å²) in [7, 11) is 0. The summed E-state index contributed by atoms with van der Waals surface area (Å²) in [6, 6.07) is 1.94. The highest BCUT2D eigenvalue weighted by molar-refractivity contribution is 7.06. The van der Waals surface area contributed by atoms with Crippen LogP contribution in [0.25, 0.3) is 0 Å². The third-order valence-electron chi connectivity index (χ3n) is 1.14. The second-order valence-corrected chi connectivity index (χ2v) is 3.99. The average Bonchev–Trinajstić information content (AvgIpc) is 2.13. The molecule has 1 heterocycles. The zero-order valence-electron chi connectivity index (χ0n) is 6.10. The Morgan fingerprint density at radius 1 is 1.70 bits per heavy atom. The first-order valence-corrected chi connectivity index (χ1v) is 4.44. The molecule has 0 atom stereocenters. The first kappa shape index (κ1) is 8.02. The summed E-state index contributed by atoms with van der Waals surface area (Å²) in [4.78, 5) is 1.28. The molecule has 1 rings (SSSR count). The molecule has 0 radical (unpaired) electrons. The summed E-state index contributed by atoms with van der Waals surface area (Å²) in [5.41, 5.74) is 0. The van der Waals surface area contributed by atoms with Crippen molar-refractivity contribution >= 4 is 23.1 Å². The summed E-state index contributed by atoms with van der Waals surface area (Å²) < 4.78 is 3.98. The zero-order valence-corrected chi connectivity index (χ0v) is 7.67. The van der Waals surface area contributed by atoms with Crippen molar-refractivity contribution in [2.75, 3.05) is 0 Å². The van der Waals surface area contributed by atoms with E-state index in [1.54, 1.807) is 0 Å². The van der Waals surface area contributed by atoms with Gasteiger partial charge in [0.05, 0.1) is 0 Å². The van der Waals surface area contributed by atoms with Crippen molar-refractivity contribution in [3.8, 4) is 0 Å². The van der Waals surface area contributed by atoms with Gasteiger partial charge >= 0.3 is 0 Å². The predicted octanol–water partition coefficient (Wildman–Crippen LogP) is 3.00. The van der Waals surface area contributed by atoms with Crippen LogP contribution in [0.2, 0.25) is 5.15 Å². The van der Waals surface area contributed by atoms with E-state index in [4.69, 9.17) is 11.6 Å². The smallest absolute Gasteiger partial charge is 0.143 e.